The maximum Gasteiger partial charge on any atom is 0.225 e. The minimum atomic E-state index is -3.15. The van der Waals surface area contributed by atoms with Crippen molar-refractivity contribution in [1.82, 2.24) is 24.5 Å². The quantitative estimate of drug-likeness (QED) is 0.284. The molecule has 4 aromatic rings. The predicted molar refractivity (Wildman–Crippen MR) is 152 cm³/mol. The number of nitrogens with two attached hydrogens (primary N) is 1. The van der Waals surface area contributed by atoms with Gasteiger partial charge in [0, 0.05) is 51.6 Å². The summed E-state index contributed by atoms with van der Waals surface area (Å²) in [6.07, 6.45) is 2.67. The standard InChI is InChI=1S/C25H29FN8O5S2/c1-41(36,37)14-13-38-16-4-5-18(17(26)15-16)32-9-6-31(7-10-32)8-11-33-22-20(40-25(33)35)23-28-21(19-3-2-12-39-19)30-34(23)24(27)29-22/h2-5,12,15,25,35H,6-11,13-14H2,1H3,(H2,27,29). The lowest BCUT2D eigenvalue weighted by atomic mass is 10.2. The molecule has 2 aliphatic heterocycles. The van der Waals surface area contributed by atoms with Crippen LogP contribution in [-0.2, 0) is 9.84 Å². The number of thioether (sulfide) groups is 1. The number of nitrogen functional groups attached to an aromatic ring is 1. The Hall–Kier alpha value is -3.60. The van der Waals surface area contributed by atoms with Gasteiger partial charge in [0.2, 0.25) is 11.8 Å². The number of rotatable bonds is 9. The van der Waals surface area contributed by atoms with Crippen LogP contribution in [-0.4, -0.2) is 101 Å². The van der Waals surface area contributed by atoms with Crippen molar-refractivity contribution in [2.24, 2.45) is 0 Å². The SMILES string of the molecule is CS(=O)(=O)CCOc1ccc(N2CCN(CCN3c4nc(N)n5nc(-c6ccco6)nc5c4SC3O)CC2)c(F)c1. The zero-order valence-corrected chi connectivity index (χ0v) is 23.8. The van der Waals surface area contributed by atoms with Gasteiger partial charge in [-0.25, -0.2) is 17.8 Å². The van der Waals surface area contributed by atoms with Crippen LogP contribution in [0.4, 0.5) is 21.8 Å². The number of aliphatic hydroxyl groups excluding tert-OH is 1. The number of halogens is 1. The maximum absolute atomic E-state index is 14.8. The van der Waals surface area contributed by atoms with Gasteiger partial charge in [0.15, 0.2) is 32.6 Å². The molecule has 2 aliphatic rings. The molecule has 0 amide bonds. The largest absolute Gasteiger partial charge is 0.492 e. The monoisotopic (exact) mass is 604 g/mol. The number of ether oxygens (including phenoxy) is 1. The van der Waals surface area contributed by atoms with Crippen LogP contribution in [0.2, 0.25) is 0 Å². The van der Waals surface area contributed by atoms with Gasteiger partial charge < -0.3 is 29.8 Å². The Bertz CT molecular complexity index is 1660. The van der Waals surface area contributed by atoms with Gasteiger partial charge in [0.1, 0.15) is 18.2 Å². The van der Waals surface area contributed by atoms with E-state index in [-0.39, 0.29) is 18.3 Å². The van der Waals surface area contributed by atoms with Crippen molar-refractivity contribution in [3.63, 3.8) is 0 Å². The van der Waals surface area contributed by atoms with Gasteiger partial charge >= 0.3 is 0 Å². The average Bonchev–Trinajstić information content (AvgIpc) is 3.67. The van der Waals surface area contributed by atoms with E-state index in [4.69, 9.17) is 14.9 Å². The normalized spacial score (nSPS) is 17.9. The zero-order chi connectivity index (χ0) is 28.7. The molecule has 0 saturated carbocycles. The summed E-state index contributed by atoms with van der Waals surface area (Å²) in [5.74, 6) is 1.37. The minimum absolute atomic E-state index is 0.0249. The molecule has 3 aromatic heterocycles. The summed E-state index contributed by atoms with van der Waals surface area (Å²) in [5, 5.41) is 15.3. The van der Waals surface area contributed by atoms with Gasteiger partial charge in [-0.05, 0) is 24.3 Å². The highest BCUT2D eigenvalue weighted by Crippen LogP contribution is 2.44. The first-order chi connectivity index (χ1) is 19.7. The van der Waals surface area contributed by atoms with E-state index in [2.05, 4.69) is 20.0 Å². The Morgan fingerprint density at radius 1 is 1.20 bits per heavy atom. The third-order valence-corrected chi connectivity index (χ3v) is 8.94. The number of piperazine rings is 1. The lowest BCUT2D eigenvalue weighted by molar-refractivity contribution is 0.230. The molecule has 13 nitrogen and oxygen atoms in total. The second-order valence-electron chi connectivity index (χ2n) is 9.83. The van der Waals surface area contributed by atoms with Gasteiger partial charge in [0.05, 0.1) is 22.6 Å². The lowest BCUT2D eigenvalue weighted by Crippen LogP contribution is -2.49. The van der Waals surface area contributed by atoms with E-state index in [0.717, 1.165) is 6.26 Å². The predicted octanol–water partition coefficient (Wildman–Crippen LogP) is 1.54. The fourth-order valence-electron chi connectivity index (χ4n) is 4.83. The number of furan rings is 1. The summed E-state index contributed by atoms with van der Waals surface area (Å²) >= 11 is 1.24. The van der Waals surface area contributed by atoms with Crippen LogP contribution < -0.4 is 20.3 Å². The van der Waals surface area contributed by atoms with Crippen molar-refractivity contribution in [2.75, 3.05) is 73.4 Å². The molecule has 1 atom stereocenters. The summed E-state index contributed by atoms with van der Waals surface area (Å²) in [7, 11) is -3.15. The first-order valence-electron chi connectivity index (χ1n) is 12.9. The molecule has 1 aromatic carbocycles. The molecule has 0 aliphatic carbocycles. The number of aliphatic hydroxyl groups is 1. The van der Waals surface area contributed by atoms with Crippen LogP contribution in [0, 0.1) is 5.82 Å². The molecule has 1 unspecified atom stereocenters. The minimum Gasteiger partial charge on any atom is -0.492 e. The van der Waals surface area contributed by atoms with E-state index in [1.54, 1.807) is 35.4 Å². The van der Waals surface area contributed by atoms with Crippen molar-refractivity contribution in [1.29, 1.82) is 0 Å². The highest BCUT2D eigenvalue weighted by atomic mass is 32.2. The molecule has 218 valence electrons. The zero-order valence-electron chi connectivity index (χ0n) is 22.2. The van der Waals surface area contributed by atoms with Crippen LogP contribution in [0.3, 0.4) is 0 Å². The van der Waals surface area contributed by atoms with Crippen molar-refractivity contribution in [3.8, 4) is 17.3 Å². The number of nitrogens with zero attached hydrogens (tertiary/aromatic N) is 7. The van der Waals surface area contributed by atoms with Crippen LogP contribution in [0.1, 0.15) is 0 Å². The summed E-state index contributed by atoms with van der Waals surface area (Å²) in [4.78, 5) is 15.8. The number of sulfone groups is 1. The number of hydrogen-bond donors (Lipinski definition) is 2. The first kappa shape index (κ1) is 27.6. The van der Waals surface area contributed by atoms with E-state index < -0.39 is 21.2 Å². The van der Waals surface area contributed by atoms with E-state index in [0.29, 0.717) is 78.7 Å². The fraction of sp³-hybridized carbons (Fsp3) is 0.400. The van der Waals surface area contributed by atoms with Crippen molar-refractivity contribution in [2.45, 2.75) is 10.5 Å². The summed E-state index contributed by atoms with van der Waals surface area (Å²) in [5.41, 5.74) is 6.34. The summed E-state index contributed by atoms with van der Waals surface area (Å²) < 4.78 is 49.6. The van der Waals surface area contributed by atoms with Gasteiger partial charge in [-0.2, -0.15) is 9.50 Å². The topological polar surface area (TPSA) is 156 Å². The second-order valence-corrected chi connectivity index (χ2v) is 13.2. The van der Waals surface area contributed by atoms with Gasteiger partial charge in [-0.3, -0.25) is 4.90 Å². The summed E-state index contributed by atoms with van der Waals surface area (Å²) in [6, 6.07) is 8.11. The molecule has 3 N–H and O–H groups in total. The Labute approximate surface area is 239 Å². The molecular weight excluding hydrogens is 575 g/mol. The van der Waals surface area contributed by atoms with Crippen LogP contribution in [0.25, 0.3) is 17.2 Å². The number of hydrogen-bond acceptors (Lipinski definition) is 13. The fourth-order valence-corrected chi connectivity index (χ4v) is 6.27. The van der Waals surface area contributed by atoms with Crippen LogP contribution in [0.15, 0.2) is 45.9 Å². The Morgan fingerprint density at radius 2 is 2.00 bits per heavy atom. The molecule has 0 bridgehead atoms. The Kier molecular flexibility index (Phi) is 7.39. The molecule has 0 radical (unpaired) electrons. The van der Waals surface area contributed by atoms with Gasteiger partial charge in [0.25, 0.3) is 0 Å². The Morgan fingerprint density at radius 3 is 2.71 bits per heavy atom. The third kappa shape index (κ3) is 5.77. The van der Waals surface area contributed by atoms with E-state index >= 15 is 0 Å². The molecule has 0 spiro atoms. The highest BCUT2D eigenvalue weighted by molar-refractivity contribution is 8.00. The van der Waals surface area contributed by atoms with Crippen molar-refractivity contribution < 1.29 is 27.1 Å². The molecule has 1 fully saturated rings. The molecule has 6 rings (SSSR count). The van der Waals surface area contributed by atoms with Crippen molar-refractivity contribution in [3.05, 3.63) is 42.4 Å². The average molecular weight is 605 g/mol. The van der Waals surface area contributed by atoms with Crippen LogP contribution in [0.5, 0.6) is 5.75 Å². The van der Waals surface area contributed by atoms with E-state index in [1.165, 1.54) is 22.3 Å². The number of fused-ring (bicyclic) bond motifs is 3. The molecule has 5 heterocycles. The Balaban J connectivity index is 1.07. The lowest BCUT2D eigenvalue weighted by Gasteiger charge is -2.37. The highest BCUT2D eigenvalue weighted by Gasteiger charge is 2.34. The number of aromatic nitrogens is 4. The first-order valence-corrected chi connectivity index (χ1v) is 15.9. The van der Waals surface area contributed by atoms with Crippen molar-refractivity contribution >= 4 is 44.7 Å². The molecular formula is C25H29FN8O5S2. The number of anilines is 3. The van der Waals surface area contributed by atoms with Gasteiger partial charge in [-0.15, -0.1) is 5.10 Å². The molecule has 1 saturated heterocycles. The molecule has 16 heteroatoms. The maximum atomic E-state index is 14.8. The van der Waals surface area contributed by atoms with E-state index in [1.807, 2.05) is 4.90 Å². The smallest absolute Gasteiger partial charge is 0.225 e. The summed E-state index contributed by atoms with van der Waals surface area (Å²) in [6.45, 7) is 3.82. The second kappa shape index (κ2) is 11.0. The van der Waals surface area contributed by atoms with Crippen LogP contribution >= 0.6 is 11.8 Å². The number of benzene rings is 1. The van der Waals surface area contributed by atoms with Gasteiger partial charge in [-0.1, -0.05) is 11.8 Å². The van der Waals surface area contributed by atoms with E-state index in [9.17, 15) is 17.9 Å². The molecule has 41 heavy (non-hydrogen) atoms. The third-order valence-electron chi connectivity index (χ3n) is 6.97.